The summed E-state index contributed by atoms with van der Waals surface area (Å²) in [4.78, 5) is 22.6. The van der Waals surface area contributed by atoms with Crippen molar-refractivity contribution in [2.24, 2.45) is 0 Å². The third kappa shape index (κ3) is 2.46. The first-order chi connectivity index (χ1) is 12.8. The molecule has 2 aromatic heterocycles. The minimum atomic E-state index is -0.143. The Morgan fingerprint density at radius 2 is 1.92 bits per heavy atom. The van der Waals surface area contributed by atoms with Gasteiger partial charge in [-0.2, -0.15) is 4.98 Å². The van der Waals surface area contributed by atoms with Gasteiger partial charge in [-0.05, 0) is 24.3 Å². The molecule has 0 aliphatic carbocycles. The summed E-state index contributed by atoms with van der Waals surface area (Å²) in [6.07, 6.45) is 3.67. The van der Waals surface area contributed by atoms with Gasteiger partial charge in [-0.1, -0.05) is 5.16 Å². The van der Waals surface area contributed by atoms with Gasteiger partial charge in [0.15, 0.2) is 11.5 Å². The molecule has 2 aliphatic heterocycles. The highest BCUT2D eigenvalue weighted by Crippen LogP contribution is 2.38. The van der Waals surface area contributed by atoms with Crippen LogP contribution in [0.15, 0.2) is 47.2 Å². The number of aromatic nitrogens is 3. The number of carbonyl (C=O) groups is 1. The van der Waals surface area contributed by atoms with Crippen LogP contribution >= 0.6 is 0 Å². The summed E-state index contributed by atoms with van der Waals surface area (Å²) in [7, 11) is 0. The lowest BCUT2D eigenvalue weighted by Gasteiger charge is -2.16. The number of fused-ring (bicyclic) bond motifs is 1. The van der Waals surface area contributed by atoms with Crippen LogP contribution in [0.3, 0.4) is 0 Å². The molecule has 130 valence electrons. The van der Waals surface area contributed by atoms with E-state index < -0.39 is 0 Å². The second-order valence-corrected chi connectivity index (χ2v) is 6.14. The molecule has 3 aromatic rings. The third-order valence-electron chi connectivity index (χ3n) is 4.52. The Kier molecular flexibility index (Phi) is 3.34. The molecule has 26 heavy (non-hydrogen) atoms. The maximum Gasteiger partial charge on any atom is 0.232 e. The maximum atomic E-state index is 12.5. The number of hydrogen-bond acceptors (Lipinski definition) is 7. The van der Waals surface area contributed by atoms with Crippen molar-refractivity contribution in [2.45, 2.75) is 12.3 Å². The van der Waals surface area contributed by atoms with Crippen LogP contribution in [0.25, 0.3) is 11.4 Å². The van der Waals surface area contributed by atoms with Crippen molar-refractivity contribution >= 4 is 11.6 Å². The molecule has 0 bridgehead atoms. The molecular formula is C18H14N4O4. The number of ether oxygens (including phenoxy) is 2. The minimum Gasteiger partial charge on any atom is -0.454 e. The molecular weight excluding hydrogens is 336 g/mol. The molecule has 0 N–H and O–H groups in total. The van der Waals surface area contributed by atoms with Crippen LogP contribution in [0.1, 0.15) is 18.2 Å². The van der Waals surface area contributed by atoms with Gasteiger partial charge < -0.3 is 18.9 Å². The van der Waals surface area contributed by atoms with Crippen LogP contribution in [0.5, 0.6) is 11.5 Å². The number of carbonyl (C=O) groups excluding carboxylic acids is 1. The van der Waals surface area contributed by atoms with Crippen LogP contribution < -0.4 is 14.4 Å². The average Bonchev–Trinajstić information content (AvgIpc) is 3.41. The Bertz CT molecular complexity index is 972. The van der Waals surface area contributed by atoms with Gasteiger partial charge in [0.25, 0.3) is 0 Å². The number of nitrogens with zero attached hydrogens (tertiary/aromatic N) is 4. The third-order valence-corrected chi connectivity index (χ3v) is 4.52. The van der Waals surface area contributed by atoms with Crippen LogP contribution in [0, 0.1) is 0 Å². The number of anilines is 1. The van der Waals surface area contributed by atoms with Crippen molar-refractivity contribution in [3.05, 3.63) is 48.6 Å². The summed E-state index contributed by atoms with van der Waals surface area (Å²) in [5.74, 6) is 2.17. The second-order valence-electron chi connectivity index (χ2n) is 6.14. The quantitative estimate of drug-likeness (QED) is 0.716. The molecule has 1 amide bonds. The first-order valence-corrected chi connectivity index (χ1v) is 8.22. The van der Waals surface area contributed by atoms with E-state index in [0.29, 0.717) is 36.2 Å². The van der Waals surface area contributed by atoms with Crippen molar-refractivity contribution in [2.75, 3.05) is 18.2 Å². The first-order valence-electron chi connectivity index (χ1n) is 8.22. The molecule has 1 saturated heterocycles. The van der Waals surface area contributed by atoms with Gasteiger partial charge in [-0.3, -0.25) is 9.78 Å². The summed E-state index contributed by atoms with van der Waals surface area (Å²) < 4.78 is 16.1. The fraction of sp³-hybridized carbons (Fsp3) is 0.222. The van der Waals surface area contributed by atoms with Crippen molar-refractivity contribution in [1.82, 2.24) is 15.1 Å². The van der Waals surface area contributed by atoms with Gasteiger partial charge in [0, 0.05) is 42.7 Å². The molecule has 0 spiro atoms. The molecule has 4 heterocycles. The predicted octanol–water partition coefficient (Wildman–Crippen LogP) is 2.38. The molecule has 1 fully saturated rings. The second kappa shape index (κ2) is 5.83. The Hall–Kier alpha value is -3.42. The number of rotatable bonds is 3. The summed E-state index contributed by atoms with van der Waals surface area (Å²) >= 11 is 0. The zero-order valence-electron chi connectivity index (χ0n) is 13.7. The highest BCUT2D eigenvalue weighted by molar-refractivity contribution is 5.96. The lowest BCUT2D eigenvalue weighted by molar-refractivity contribution is -0.117. The maximum absolute atomic E-state index is 12.5. The van der Waals surface area contributed by atoms with Gasteiger partial charge in [-0.25, -0.2) is 0 Å². The lowest BCUT2D eigenvalue weighted by Crippen LogP contribution is -2.24. The lowest BCUT2D eigenvalue weighted by atomic mass is 10.1. The zero-order chi connectivity index (χ0) is 17.5. The largest absolute Gasteiger partial charge is 0.454 e. The molecule has 1 aromatic carbocycles. The monoisotopic (exact) mass is 350 g/mol. The van der Waals surface area contributed by atoms with Crippen LogP contribution in [-0.4, -0.2) is 34.4 Å². The molecule has 2 aliphatic rings. The van der Waals surface area contributed by atoms with E-state index in [0.717, 1.165) is 11.3 Å². The summed E-state index contributed by atoms with van der Waals surface area (Å²) in [5, 5.41) is 4.02. The van der Waals surface area contributed by atoms with E-state index in [1.54, 1.807) is 17.3 Å². The van der Waals surface area contributed by atoms with E-state index >= 15 is 0 Å². The van der Waals surface area contributed by atoms with E-state index in [4.69, 9.17) is 14.0 Å². The average molecular weight is 350 g/mol. The molecule has 1 unspecified atom stereocenters. The Balaban J connectivity index is 1.38. The minimum absolute atomic E-state index is 0.0116. The number of hydrogen-bond donors (Lipinski definition) is 0. The van der Waals surface area contributed by atoms with Crippen LogP contribution in [-0.2, 0) is 4.79 Å². The van der Waals surface area contributed by atoms with E-state index in [9.17, 15) is 4.79 Å². The van der Waals surface area contributed by atoms with E-state index in [1.165, 1.54) is 0 Å². The predicted molar refractivity (Wildman–Crippen MR) is 89.8 cm³/mol. The Morgan fingerprint density at radius 1 is 1.08 bits per heavy atom. The SMILES string of the molecule is O=C1CC(c2nc(-c3ccncc3)no2)CN1c1ccc2c(c1)OCO2. The molecule has 0 saturated carbocycles. The van der Waals surface area contributed by atoms with Gasteiger partial charge in [0.1, 0.15) is 0 Å². The van der Waals surface area contributed by atoms with E-state index in [-0.39, 0.29) is 18.6 Å². The highest BCUT2D eigenvalue weighted by atomic mass is 16.7. The fourth-order valence-electron chi connectivity index (χ4n) is 3.19. The topological polar surface area (TPSA) is 90.6 Å². The van der Waals surface area contributed by atoms with E-state index in [2.05, 4.69) is 15.1 Å². The highest BCUT2D eigenvalue weighted by Gasteiger charge is 2.35. The van der Waals surface area contributed by atoms with E-state index in [1.807, 2.05) is 30.3 Å². The molecule has 8 nitrogen and oxygen atoms in total. The number of benzene rings is 1. The smallest absolute Gasteiger partial charge is 0.232 e. The Morgan fingerprint density at radius 3 is 2.81 bits per heavy atom. The standard InChI is InChI=1S/C18H14N4O4/c23-16-7-12(18-20-17(21-26-18)11-3-5-19-6-4-11)9-22(16)13-1-2-14-15(8-13)25-10-24-14/h1-6,8,12H,7,9-10H2. The summed E-state index contributed by atoms with van der Waals surface area (Å²) in [5.41, 5.74) is 1.60. The van der Waals surface area contributed by atoms with Gasteiger partial charge >= 0.3 is 0 Å². The molecule has 8 heteroatoms. The van der Waals surface area contributed by atoms with Crippen molar-refractivity contribution in [3.8, 4) is 22.9 Å². The number of pyridine rings is 1. The summed E-state index contributed by atoms with van der Waals surface area (Å²) in [6.45, 7) is 0.686. The molecule has 1 atom stereocenters. The van der Waals surface area contributed by atoms with Gasteiger partial charge in [0.05, 0.1) is 5.92 Å². The molecule has 0 radical (unpaired) electrons. The van der Waals surface area contributed by atoms with Crippen molar-refractivity contribution < 1.29 is 18.8 Å². The van der Waals surface area contributed by atoms with Crippen molar-refractivity contribution in [3.63, 3.8) is 0 Å². The number of amides is 1. The van der Waals surface area contributed by atoms with Crippen LogP contribution in [0.4, 0.5) is 5.69 Å². The fourth-order valence-corrected chi connectivity index (χ4v) is 3.19. The van der Waals surface area contributed by atoms with Gasteiger partial charge in [0.2, 0.25) is 24.4 Å². The Labute approximate surface area is 148 Å². The summed E-state index contributed by atoms with van der Waals surface area (Å²) in [6, 6.07) is 9.11. The first kappa shape index (κ1) is 14.9. The van der Waals surface area contributed by atoms with Gasteiger partial charge in [-0.15, -0.1) is 0 Å². The van der Waals surface area contributed by atoms with Crippen LogP contribution in [0.2, 0.25) is 0 Å². The normalized spacial score (nSPS) is 18.5. The molecule has 5 rings (SSSR count). The van der Waals surface area contributed by atoms with Crippen molar-refractivity contribution in [1.29, 1.82) is 0 Å². The zero-order valence-corrected chi connectivity index (χ0v) is 13.7.